The summed E-state index contributed by atoms with van der Waals surface area (Å²) in [4.78, 5) is 4.28. The zero-order chi connectivity index (χ0) is 15.0. The van der Waals surface area contributed by atoms with Crippen molar-refractivity contribution in [3.05, 3.63) is 24.0 Å². The van der Waals surface area contributed by atoms with E-state index in [0.717, 1.165) is 17.5 Å². The van der Waals surface area contributed by atoms with Crippen molar-refractivity contribution in [2.24, 2.45) is 0 Å². The Labute approximate surface area is 118 Å². The molecule has 1 saturated carbocycles. The summed E-state index contributed by atoms with van der Waals surface area (Å²) in [5, 5.41) is 10.6. The van der Waals surface area contributed by atoms with Crippen molar-refractivity contribution in [2.45, 2.75) is 44.4 Å². The van der Waals surface area contributed by atoms with Gasteiger partial charge in [0.15, 0.2) is 5.82 Å². The third kappa shape index (κ3) is 3.53. The normalized spacial score (nSPS) is 17.0. The molecule has 1 fully saturated rings. The Morgan fingerprint density at radius 2 is 2.24 bits per heavy atom. The summed E-state index contributed by atoms with van der Waals surface area (Å²) in [5.74, 6) is 1.82. The second-order valence-corrected chi connectivity index (χ2v) is 5.14. The Kier molecular flexibility index (Phi) is 3.34. The SMILES string of the molecule is C[C@@H](Nc1ccn(CC(F)(F)F)n1)c1nc(C2CC2)no1. The largest absolute Gasteiger partial charge is 0.408 e. The first kappa shape index (κ1) is 13.9. The van der Waals surface area contributed by atoms with Crippen molar-refractivity contribution in [1.82, 2.24) is 19.9 Å². The highest BCUT2D eigenvalue weighted by Gasteiger charge is 2.30. The van der Waals surface area contributed by atoms with E-state index >= 15 is 0 Å². The van der Waals surface area contributed by atoms with E-state index in [2.05, 4.69) is 20.6 Å². The van der Waals surface area contributed by atoms with Gasteiger partial charge in [-0.15, -0.1) is 0 Å². The number of nitrogens with one attached hydrogen (secondary N) is 1. The molecule has 0 saturated heterocycles. The third-order valence-electron chi connectivity index (χ3n) is 3.12. The number of nitrogens with zero attached hydrogens (tertiary/aromatic N) is 4. The zero-order valence-electron chi connectivity index (χ0n) is 11.3. The minimum atomic E-state index is -4.29. The number of rotatable bonds is 5. The van der Waals surface area contributed by atoms with E-state index in [1.807, 2.05) is 0 Å². The number of aromatic nitrogens is 4. The molecular weight excluding hydrogens is 287 g/mol. The summed E-state index contributed by atoms with van der Waals surface area (Å²) < 4.78 is 42.7. The quantitative estimate of drug-likeness (QED) is 0.919. The molecule has 21 heavy (non-hydrogen) atoms. The van der Waals surface area contributed by atoms with Gasteiger partial charge < -0.3 is 9.84 Å². The van der Waals surface area contributed by atoms with E-state index < -0.39 is 12.7 Å². The lowest BCUT2D eigenvalue weighted by Gasteiger charge is -2.08. The predicted molar refractivity (Wildman–Crippen MR) is 66.6 cm³/mol. The molecule has 0 radical (unpaired) electrons. The van der Waals surface area contributed by atoms with Gasteiger partial charge in [0.25, 0.3) is 0 Å². The van der Waals surface area contributed by atoms with E-state index in [1.54, 1.807) is 6.92 Å². The fourth-order valence-electron chi connectivity index (χ4n) is 1.92. The Hall–Kier alpha value is -2.06. The van der Waals surface area contributed by atoms with Gasteiger partial charge in [-0.3, -0.25) is 4.68 Å². The predicted octanol–water partition coefficient (Wildman–Crippen LogP) is 2.88. The molecule has 1 N–H and O–H groups in total. The fraction of sp³-hybridized carbons (Fsp3) is 0.583. The van der Waals surface area contributed by atoms with Crippen LogP contribution in [0.25, 0.3) is 0 Å². The number of alkyl halides is 3. The third-order valence-corrected chi connectivity index (χ3v) is 3.12. The fourth-order valence-corrected chi connectivity index (χ4v) is 1.92. The Morgan fingerprint density at radius 3 is 2.90 bits per heavy atom. The first-order valence-electron chi connectivity index (χ1n) is 6.61. The second kappa shape index (κ2) is 5.05. The molecule has 0 aliphatic heterocycles. The number of halogens is 3. The molecule has 1 atom stereocenters. The van der Waals surface area contributed by atoms with E-state index in [1.165, 1.54) is 12.3 Å². The molecule has 6 nitrogen and oxygen atoms in total. The highest BCUT2D eigenvalue weighted by atomic mass is 19.4. The van der Waals surface area contributed by atoms with Crippen LogP contribution in [0, 0.1) is 0 Å². The molecule has 0 unspecified atom stereocenters. The van der Waals surface area contributed by atoms with Crippen LogP contribution in [0.2, 0.25) is 0 Å². The first-order chi connectivity index (χ1) is 9.90. The van der Waals surface area contributed by atoms with Crippen LogP contribution in [0.15, 0.2) is 16.8 Å². The van der Waals surface area contributed by atoms with Gasteiger partial charge in [0.2, 0.25) is 5.89 Å². The topological polar surface area (TPSA) is 68.8 Å². The maximum atomic E-state index is 12.2. The van der Waals surface area contributed by atoms with Gasteiger partial charge in [-0.1, -0.05) is 5.16 Å². The molecule has 2 aromatic rings. The molecule has 114 valence electrons. The van der Waals surface area contributed by atoms with Gasteiger partial charge >= 0.3 is 6.18 Å². The van der Waals surface area contributed by atoms with Crippen LogP contribution in [0.4, 0.5) is 19.0 Å². The molecule has 0 bridgehead atoms. The smallest absolute Gasteiger partial charge is 0.357 e. The standard InChI is InChI=1S/C12H14F3N5O/c1-7(11-17-10(19-21-11)8-2-3-8)16-9-4-5-20(18-9)6-12(13,14)15/h4-5,7-8H,2-3,6H2,1H3,(H,16,18)/t7-/m1/s1. The highest BCUT2D eigenvalue weighted by Crippen LogP contribution is 2.38. The molecular formula is C12H14F3N5O. The van der Waals surface area contributed by atoms with E-state index in [0.29, 0.717) is 23.5 Å². The molecule has 0 aromatic carbocycles. The van der Waals surface area contributed by atoms with Crippen molar-refractivity contribution in [3.63, 3.8) is 0 Å². The van der Waals surface area contributed by atoms with Crippen molar-refractivity contribution in [2.75, 3.05) is 5.32 Å². The lowest BCUT2D eigenvalue weighted by molar-refractivity contribution is -0.142. The van der Waals surface area contributed by atoms with Gasteiger partial charge in [0.1, 0.15) is 18.4 Å². The van der Waals surface area contributed by atoms with E-state index in [-0.39, 0.29) is 6.04 Å². The average molecular weight is 301 g/mol. The highest BCUT2D eigenvalue weighted by molar-refractivity contribution is 5.34. The Bertz CT molecular complexity index is 616. The summed E-state index contributed by atoms with van der Waals surface area (Å²) in [7, 11) is 0. The summed E-state index contributed by atoms with van der Waals surface area (Å²) in [6.07, 6.45) is -0.877. The Morgan fingerprint density at radius 1 is 1.48 bits per heavy atom. The Balaban J connectivity index is 1.62. The van der Waals surface area contributed by atoms with Crippen LogP contribution < -0.4 is 5.32 Å². The van der Waals surface area contributed by atoms with E-state index in [9.17, 15) is 13.2 Å². The minimum Gasteiger partial charge on any atom is -0.357 e. The average Bonchev–Trinajstić information content (AvgIpc) is 2.95. The minimum absolute atomic E-state index is 0.320. The molecule has 0 amide bonds. The maximum absolute atomic E-state index is 12.2. The number of hydrogen-bond acceptors (Lipinski definition) is 5. The lowest BCUT2D eigenvalue weighted by atomic mass is 10.3. The monoisotopic (exact) mass is 301 g/mol. The van der Waals surface area contributed by atoms with Crippen LogP contribution in [-0.4, -0.2) is 26.1 Å². The van der Waals surface area contributed by atoms with Crippen LogP contribution in [0.3, 0.4) is 0 Å². The number of anilines is 1. The van der Waals surface area contributed by atoms with Crippen LogP contribution in [-0.2, 0) is 6.54 Å². The van der Waals surface area contributed by atoms with Crippen LogP contribution >= 0.6 is 0 Å². The molecule has 2 aromatic heterocycles. The van der Waals surface area contributed by atoms with E-state index in [4.69, 9.17) is 4.52 Å². The van der Waals surface area contributed by atoms with Gasteiger partial charge in [0.05, 0.1) is 0 Å². The van der Waals surface area contributed by atoms with Crippen molar-refractivity contribution in [3.8, 4) is 0 Å². The molecule has 1 aliphatic rings. The molecule has 2 heterocycles. The zero-order valence-corrected chi connectivity index (χ0v) is 11.3. The summed E-state index contributed by atoms with van der Waals surface area (Å²) in [6, 6.07) is 1.15. The summed E-state index contributed by atoms with van der Waals surface area (Å²) in [5.41, 5.74) is 0. The van der Waals surface area contributed by atoms with Gasteiger partial charge in [-0.2, -0.15) is 23.3 Å². The van der Waals surface area contributed by atoms with Gasteiger partial charge in [-0.25, -0.2) is 0 Å². The number of hydrogen-bond donors (Lipinski definition) is 1. The van der Waals surface area contributed by atoms with Crippen LogP contribution in [0.1, 0.15) is 43.4 Å². The van der Waals surface area contributed by atoms with Gasteiger partial charge in [-0.05, 0) is 19.8 Å². The molecule has 0 spiro atoms. The molecule has 3 rings (SSSR count). The maximum Gasteiger partial charge on any atom is 0.408 e. The first-order valence-corrected chi connectivity index (χ1v) is 6.61. The van der Waals surface area contributed by atoms with Crippen molar-refractivity contribution in [1.29, 1.82) is 0 Å². The molecule has 9 heteroatoms. The second-order valence-electron chi connectivity index (χ2n) is 5.14. The van der Waals surface area contributed by atoms with Gasteiger partial charge in [0, 0.05) is 18.2 Å². The summed E-state index contributed by atoms with van der Waals surface area (Å²) >= 11 is 0. The lowest BCUT2D eigenvalue weighted by Crippen LogP contribution is -2.18. The summed E-state index contributed by atoms with van der Waals surface area (Å²) in [6.45, 7) is 0.669. The van der Waals surface area contributed by atoms with Crippen molar-refractivity contribution < 1.29 is 17.7 Å². The molecule has 1 aliphatic carbocycles. The van der Waals surface area contributed by atoms with Crippen LogP contribution in [0.5, 0.6) is 0 Å². The van der Waals surface area contributed by atoms with Crippen molar-refractivity contribution >= 4 is 5.82 Å².